The molecular formula is C10H16BrN3O2. The Morgan fingerprint density at radius 3 is 2.62 bits per heavy atom. The predicted molar refractivity (Wildman–Crippen MR) is 65.7 cm³/mol. The summed E-state index contributed by atoms with van der Waals surface area (Å²) in [5.41, 5.74) is 0.708. The summed E-state index contributed by atoms with van der Waals surface area (Å²) >= 11 is 3.57. The molecule has 0 radical (unpaired) electrons. The van der Waals surface area contributed by atoms with Crippen LogP contribution in [0.5, 0.6) is 0 Å². The van der Waals surface area contributed by atoms with Crippen LogP contribution >= 0.6 is 15.9 Å². The maximum atomic E-state index is 10.8. The highest BCUT2D eigenvalue weighted by atomic mass is 79.9. The summed E-state index contributed by atoms with van der Waals surface area (Å²) in [6, 6.07) is 0. The van der Waals surface area contributed by atoms with E-state index in [0.29, 0.717) is 12.1 Å². The molecule has 0 aliphatic heterocycles. The van der Waals surface area contributed by atoms with Gasteiger partial charge in [0.1, 0.15) is 5.69 Å². The lowest BCUT2D eigenvalue weighted by molar-refractivity contribution is -0.390. The lowest BCUT2D eigenvalue weighted by Crippen LogP contribution is -2.23. The average Bonchev–Trinajstić information content (AvgIpc) is 2.46. The molecule has 0 aliphatic rings. The van der Waals surface area contributed by atoms with Crippen LogP contribution < -0.4 is 0 Å². The van der Waals surface area contributed by atoms with Crippen LogP contribution in [0.25, 0.3) is 0 Å². The van der Waals surface area contributed by atoms with Crippen LogP contribution in [-0.4, -0.2) is 19.3 Å². The van der Waals surface area contributed by atoms with Crippen LogP contribution in [0.4, 0.5) is 5.82 Å². The molecule has 0 bridgehead atoms. The number of rotatable bonds is 3. The molecule has 1 atom stereocenters. The third kappa shape index (κ3) is 2.81. The van der Waals surface area contributed by atoms with E-state index in [9.17, 15) is 10.1 Å². The van der Waals surface area contributed by atoms with Gasteiger partial charge in [0.05, 0.1) is 0 Å². The van der Waals surface area contributed by atoms with Gasteiger partial charge in [-0.05, 0) is 15.3 Å². The summed E-state index contributed by atoms with van der Waals surface area (Å²) in [6.45, 7) is 6.28. The van der Waals surface area contributed by atoms with Crippen LogP contribution in [0.1, 0.15) is 26.5 Å². The van der Waals surface area contributed by atoms with Gasteiger partial charge in [0.2, 0.25) is 6.33 Å². The fraction of sp³-hybridized carbons (Fsp3) is 0.700. The Hall–Kier alpha value is -0.910. The van der Waals surface area contributed by atoms with E-state index in [0.717, 1.165) is 0 Å². The number of imidazole rings is 1. The minimum absolute atomic E-state index is 0.0452. The van der Waals surface area contributed by atoms with Crippen molar-refractivity contribution in [3.05, 3.63) is 22.1 Å². The SMILES string of the molecule is Cn1cnc([N+](=O)[O-])c1CC(Br)C(C)(C)C. The average molecular weight is 290 g/mol. The summed E-state index contributed by atoms with van der Waals surface area (Å²) in [5.74, 6) is -0.0452. The first-order chi connectivity index (χ1) is 7.23. The van der Waals surface area contributed by atoms with Gasteiger partial charge in [0, 0.05) is 18.3 Å². The molecule has 1 aromatic heterocycles. The fourth-order valence-electron chi connectivity index (χ4n) is 1.31. The Bertz CT molecular complexity index is 395. The maximum Gasteiger partial charge on any atom is 0.384 e. The number of nitrogens with zero attached hydrogens (tertiary/aromatic N) is 3. The quantitative estimate of drug-likeness (QED) is 0.488. The van der Waals surface area contributed by atoms with Gasteiger partial charge in [0.25, 0.3) is 0 Å². The van der Waals surface area contributed by atoms with E-state index < -0.39 is 4.92 Å². The molecule has 90 valence electrons. The third-order valence-electron chi connectivity index (χ3n) is 2.52. The topological polar surface area (TPSA) is 61.0 Å². The molecule has 0 saturated heterocycles. The number of hydrogen-bond acceptors (Lipinski definition) is 3. The van der Waals surface area contributed by atoms with Crippen LogP contribution in [-0.2, 0) is 13.5 Å². The van der Waals surface area contributed by atoms with Crippen molar-refractivity contribution in [3.63, 3.8) is 0 Å². The molecule has 0 aliphatic carbocycles. The highest BCUT2D eigenvalue weighted by Crippen LogP contribution is 2.30. The third-order valence-corrected chi connectivity index (χ3v) is 4.22. The van der Waals surface area contributed by atoms with Crippen molar-refractivity contribution in [1.82, 2.24) is 9.55 Å². The number of hydrogen-bond donors (Lipinski definition) is 0. The molecular weight excluding hydrogens is 274 g/mol. The molecule has 1 aromatic rings. The highest BCUT2D eigenvalue weighted by Gasteiger charge is 2.28. The normalized spacial score (nSPS) is 13.8. The van der Waals surface area contributed by atoms with Crippen molar-refractivity contribution in [1.29, 1.82) is 0 Å². The Morgan fingerprint density at radius 2 is 2.19 bits per heavy atom. The molecule has 0 amide bonds. The molecule has 0 aromatic carbocycles. The second kappa shape index (κ2) is 4.53. The molecule has 0 fully saturated rings. The van der Waals surface area contributed by atoms with E-state index >= 15 is 0 Å². The summed E-state index contributed by atoms with van der Waals surface area (Å²) in [7, 11) is 1.78. The van der Waals surface area contributed by atoms with Gasteiger partial charge in [-0.1, -0.05) is 36.7 Å². The molecule has 16 heavy (non-hydrogen) atoms. The number of aryl methyl sites for hydroxylation is 1. The number of alkyl halides is 1. The molecule has 1 unspecified atom stereocenters. The van der Waals surface area contributed by atoms with Gasteiger partial charge in [0.15, 0.2) is 0 Å². The summed E-state index contributed by atoms with van der Waals surface area (Å²) < 4.78 is 1.71. The second-order valence-electron chi connectivity index (χ2n) is 4.92. The van der Waals surface area contributed by atoms with Crippen LogP contribution in [0.3, 0.4) is 0 Å². The van der Waals surface area contributed by atoms with Crippen molar-refractivity contribution >= 4 is 21.7 Å². The van der Waals surface area contributed by atoms with Crippen molar-refractivity contribution in [2.45, 2.75) is 32.0 Å². The Morgan fingerprint density at radius 1 is 1.62 bits per heavy atom. The van der Waals surface area contributed by atoms with Crippen LogP contribution in [0.2, 0.25) is 0 Å². The zero-order valence-electron chi connectivity index (χ0n) is 9.90. The maximum absolute atomic E-state index is 10.8. The van der Waals surface area contributed by atoms with E-state index in [4.69, 9.17) is 0 Å². The first-order valence-corrected chi connectivity index (χ1v) is 5.93. The highest BCUT2D eigenvalue weighted by molar-refractivity contribution is 9.09. The summed E-state index contributed by atoms with van der Waals surface area (Å²) in [6.07, 6.45) is 2.08. The molecule has 1 rings (SSSR count). The second-order valence-corrected chi connectivity index (χ2v) is 6.03. The molecule has 0 spiro atoms. The van der Waals surface area contributed by atoms with Crippen molar-refractivity contribution in [2.75, 3.05) is 0 Å². The summed E-state index contributed by atoms with van der Waals surface area (Å²) in [4.78, 5) is 14.3. The first kappa shape index (κ1) is 13.2. The van der Waals surface area contributed by atoms with Gasteiger partial charge < -0.3 is 14.7 Å². The van der Waals surface area contributed by atoms with E-state index in [2.05, 4.69) is 41.7 Å². The Kier molecular flexibility index (Phi) is 3.72. The Balaban J connectivity index is 2.97. The number of nitro groups is 1. The fourth-order valence-corrected chi connectivity index (χ4v) is 1.61. The van der Waals surface area contributed by atoms with E-state index in [1.54, 1.807) is 11.6 Å². The molecule has 1 heterocycles. The van der Waals surface area contributed by atoms with Crippen molar-refractivity contribution in [3.8, 4) is 0 Å². The minimum atomic E-state index is -0.433. The molecule has 5 nitrogen and oxygen atoms in total. The van der Waals surface area contributed by atoms with E-state index in [-0.39, 0.29) is 16.1 Å². The lowest BCUT2D eigenvalue weighted by atomic mass is 9.89. The minimum Gasteiger partial charge on any atom is -0.358 e. The largest absolute Gasteiger partial charge is 0.384 e. The zero-order valence-corrected chi connectivity index (χ0v) is 11.5. The van der Waals surface area contributed by atoms with Crippen molar-refractivity contribution < 1.29 is 4.92 Å². The van der Waals surface area contributed by atoms with Gasteiger partial charge >= 0.3 is 5.82 Å². The molecule has 0 N–H and O–H groups in total. The zero-order chi connectivity index (χ0) is 12.5. The van der Waals surface area contributed by atoms with Gasteiger partial charge in [-0.2, -0.15) is 0 Å². The lowest BCUT2D eigenvalue weighted by Gasteiger charge is -2.25. The molecule has 0 saturated carbocycles. The first-order valence-electron chi connectivity index (χ1n) is 5.02. The summed E-state index contributed by atoms with van der Waals surface area (Å²) in [5, 5.41) is 10.8. The van der Waals surface area contributed by atoms with Gasteiger partial charge in [-0.3, -0.25) is 0 Å². The number of aromatic nitrogens is 2. The smallest absolute Gasteiger partial charge is 0.358 e. The molecule has 6 heteroatoms. The standard InChI is InChI=1S/C10H16BrN3O2/c1-10(2,3)8(11)5-7-9(14(15)16)12-6-13(7)4/h6,8H,5H2,1-4H3. The van der Waals surface area contributed by atoms with Crippen LogP contribution in [0.15, 0.2) is 6.33 Å². The Labute approximate surface area is 103 Å². The number of halogens is 1. The van der Waals surface area contributed by atoms with Gasteiger partial charge in [-0.15, -0.1) is 0 Å². The van der Waals surface area contributed by atoms with E-state index in [1.165, 1.54) is 6.33 Å². The van der Waals surface area contributed by atoms with Gasteiger partial charge in [-0.25, -0.2) is 0 Å². The predicted octanol–water partition coefficient (Wildman–Crippen LogP) is 2.68. The van der Waals surface area contributed by atoms with Crippen LogP contribution in [0, 0.1) is 15.5 Å². The van der Waals surface area contributed by atoms with E-state index in [1.807, 2.05) is 0 Å². The van der Waals surface area contributed by atoms with Crippen molar-refractivity contribution in [2.24, 2.45) is 12.5 Å². The monoisotopic (exact) mass is 289 g/mol.